The lowest BCUT2D eigenvalue weighted by molar-refractivity contribution is -0.122. The van der Waals surface area contributed by atoms with Gasteiger partial charge in [-0.3, -0.25) is 4.79 Å². The van der Waals surface area contributed by atoms with Crippen molar-refractivity contribution in [2.24, 2.45) is 11.8 Å². The standard InChI is InChI=1S/C13H25NO2/c1-10(2)11-6-3-4-7-12(11)14-13(16)8-5-9-15/h10-12,15H,3-9H2,1-2H3,(H,14,16). The van der Waals surface area contributed by atoms with Crippen molar-refractivity contribution in [2.45, 2.75) is 58.4 Å². The van der Waals surface area contributed by atoms with Crippen molar-refractivity contribution in [1.29, 1.82) is 0 Å². The average Bonchev–Trinajstić information content (AvgIpc) is 2.27. The average molecular weight is 227 g/mol. The van der Waals surface area contributed by atoms with Crippen LogP contribution in [0.25, 0.3) is 0 Å². The summed E-state index contributed by atoms with van der Waals surface area (Å²) in [5, 5.41) is 11.8. The zero-order valence-corrected chi connectivity index (χ0v) is 10.5. The van der Waals surface area contributed by atoms with Crippen LogP contribution in [0.4, 0.5) is 0 Å². The SMILES string of the molecule is CC(C)C1CCCCC1NC(=O)CCCO. The summed E-state index contributed by atoms with van der Waals surface area (Å²) < 4.78 is 0. The van der Waals surface area contributed by atoms with Gasteiger partial charge in [0.15, 0.2) is 0 Å². The predicted molar refractivity (Wildman–Crippen MR) is 65.0 cm³/mol. The molecule has 0 aliphatic heterocycles. The van der Waals surface area contributed by atoms with E-state index >= 15 is 0 Å². The number of nitrogens with one attached hydrogen (secondary N) is 1. The lowest BCUT2D eigenvalue weighted by atomic mass is 9.78. The van der Waals surface area contributed by atoms with Crippen LogP contribution in [0.15, 0.2) is 0 Å². The van der Waals surface area contributed by atoms with Crippen LogP contribution in [0.2, 0.25) is 0 Å². The maximum absolute atomic E-state index is 11.6. The molecule has 1 aliphatic carbocycles. The number of aliphatic hydroxyl groups excluding tert-OH is 1. The van der Waals surface area contributed by atoms with E-state index in [1.807, 2.05) is 0 Å². The minimum Gasteiger partial charge on any atom is -0.396 e. The van der Waals surface area contributed by atoms with Crippen molar-refractivity contribution in [3.05, 3.63) is 0 Å². The highest BCUT2D eigenvalue weighted by Crippen LogP contribution is 2.30. The molecule has 0 radical (unpaired) electrons. The van der Waals surface area contributed by atoms with Crippen LogP contribution in [-0.4, -0.2) is 23.7 Å². The third-order valence-electron chi connectivity index (χ3n) is 3.58. The molecule has 2 unspecified atom stereocenters. The quantitative estimate of drug-likeness (QED) is 0.755. The topological polar surface area (TPSA) is 49.3 Å². The lowest BCUT2D eigenvalue weighted by Gasteiger charge is -2.34. The Balaban J connectivity index is 2.40. The van der Waals surface area contributed by atoms with Gasteiger partial charge in [0.05, 0.1) is 0 Å². The highest BCUT2D eigenvalue weighted by molar-refractivity contribution is 5.76. The molecule has 0 saturated heterocycles. The summed E-state index contributed by atoms with van der Waals surface area (Å²) in [7, 11) is 0. The van der Waals surface area contributed by atoms with Crippen molar-refractivity contribution in [1.82, 2.24) is 5.32 Å². The molecule has 0 bridgehead atoms. The molecular weight excluding hydrogens is 202 g/mol. The molecule has 0 heterocycles. The molecule has 16 heavy (non-hydrogen) atoms. The molecule has 1 rings (SSSR count). The van der Waals surface area contributed by atoms with E-state index in [1.165, 1.54) is 19.3 Å². The first-order chi connectivity index (χ1) is 7.65. The maximum Gasteiger partial charge on any atom is 0.220 e. The molecule has 3 nitrogen and oxygen atoms in total. The summed E-state index contributed by atoms with van der Waals surface area (Å²) in [6, 6.07) is 0.361. The van der Waals surface area contributed by atoms with Gasteiger partial charge in [0.25, 0.3) is 0 Å². The van der Waals surface area contributed by atoms with Gasteiger partial charge in [0.1, 0.15) is 0 Å². The third-order valence-corrected chi connectivity index (χ3v) is 3.58. The van der Waals surface area contributed by atoms with Crippen molar-refractivity contribution in [2.75, 3.05) is 6.61 Å². The Morgan fingerprint density at radius 2 is 2.06 bits per heavy atom. The second-order valence-electron chi connectivity index (χ2n) is 5.19. The van der Waals surface area contributed by atoms with Crippen LogP contribution in [0, 0.1) is 11.8 Å². The summed E-state index contributed by atoms with van der Waals surface area (Å²) in [6.07, 6.45) is 5.92. The van der Waals surface area contributed by atoms with E-state index in [4.69, 9.17) is 5.11 Å². The number of hydrogen-bond donors (Lipinski definition) is 2. The van der Waals surface area contributed by atoms with Gasteiger partial charge in [-0.2, -0.15) is 0 Å². The van der Waals surface area contributed by atoms with Gasteiger partial charge in [-0.1, -0.05) is 26.7 Å². The number of hydrogen-bond acceptors (Lipinski definition) is 2. The molecule has 1 amide bonds. The minimum absolute atomic E-state index is 0.103. The van der Waals surface area contributed by atoms with E-state index in [-0.39, 0.29) is 12.5 Å². The molecule has 1 saturated carbocycles. The Morgan fingerprint density at radius 3 is 2.69 bits per heavy atom. The first kappa shape index (κ1) is 13.5. The maximum atomic E-state index is 11.6. The first-order valence-corrected chi connectivity index (χ1v) is 6.55. The highest BCUT2D eigenvalue weighted by Gasteiger charge is 2.28. The number of aliphatic hydroxyl groups is 1. The molecule has 1 aliphatic rings. The Morgan fingerprint density at radius 1 is 1.38 bits per heavy atom. The number of rotatable bonds is 5. The zero-order chi connectivity index (χ0) is 12.0. The van der Waals surface area contributed by atoms with E-state index in [9.17, 15) is 4.79 Å². The smallest absolute Gasteiger partial charge is 0.220 e. The first-order valence-electron chi connectivity index (χ1n) is 6.55. The van der Waals surface area contributed by atoms with E-state index in [0.717, 1.165) is 6.42 Å². The molecule has 0 aromatic carbocycles. The molecule has 0 aromatic rings. The largest absolute Gasteiger partial charge is 0.396 e. The Labute approximate surface area is 98.6 Å². The van der Waals surface area contributed by atoms with Gasteiger partial charge in [0, 0.05) is 19.1 Å². The Bertz CT molecular complexity index is 216. The summed E-state index contributed by atoms with van der Waals surface area (Å²) in [5.74, 6) is 1.38. The van der Waals surface area contributed by atoms with Crippen LogP contribution in [-0.2, 0) is 4.79 Å². The molecule has 0 aromatic heterocycles. The third kappa shape index (κ3) is 4.12. The summed E-state index contributed by atoms with van der Waals surface area (Å²) >= 11 is 0. The number of carbonyl (C=O) groups excluding carboxylic acids is 1. The molecule has 2 N–H and O–H groups in total. The fourth-order valence-corrected chi connectivity index (χ4v) is 2.66. The van der Waals surface area contributed by atoms with Gasteiger partial charge in [0.2, 0.25) is 5.91 Å². The van der Waals surface area contributed by atoms with Crippen molar-refractivity contribution in [3.63, 3.8) is 0 Å². The summed E-state index contributed by atoms with van der Waals surface area (Å²) in [5.41, 5.74) is 0. The van der Waals surface area contributed by atoms with Crippen LogP contribution >= 0.6 is 0 Å². The summed E-state index contributed by atoms with van der Waals surface area (Å²) in [4.78, 5) is 11.6. The second-order valence-corrected chi connectivity index (χ2v) is 5.19. The van der Waals surface area contributed by atoms with Gasteiger partial charge < -0.3 is 10.4 Å². The van der Waals surface area contributed by atoms with Crippen molar-refractivity contribution >= 4 is 5.91 Å². The minimum atomic E-state index is 0.103. The molecule has 3 heteroatoms. The molecular formula is C13H25NO2. The molecule has 2 atom stereocenters. The van der Waals surface area contributed by atoms with Crippen LogP contribution < -0.4 is 5.32 Å². The fraction of sp³-hybridized carbons (Fsp3) is 0.923. The number of carbonyl (C=O) groups is 1. The molecule has 94 valence electrons. The zero-order valence-electron chi connectivity index (χ0n) is 10.5. The van der Waals surface area contributed by atoms with E-state index in [2.05, 4.69) is 19.2 Å². The van der Waals surface area contributed by atoms with Crippen molar-refractivity contribution in [3.8, 4) is 0 Å². The fourth-order valence-electron chi connectivity index (χ4n) is 2.66. The highest BCUT2D eigenvalue weighted by atomic mass is 16.3. The van der Waals surface area contributed by atoms with Gasteiger partial charge >= 0.3 is 0 Å². The summed E-state index contributed by atoms with van der Waals surface area (Å²) in [6.45, 7) is 4.58. The Kier molecular flexibility index (Phi) is 5.81. The number of amides is 1. The Hall–Kier alpha value is -0.570. The van der Waals surface area contributed by atoms with Crippen LogP contribution in [0.5, 0.6) is 0 Å². The second kappa shape index (κ2) is 6.89. The van der Waals surface area contributed by atoms with E-state index in [0.29, 0.717) is 30.7 Å². The monoisotopic (exact) mass is 227 g/mol. The van der Waals surface area contributed by atoms with E-state index < -0.39 is 0 Å². The van der Waals surface area contributed by atoms with Gasteiger partial charge in [-0.15, -0.1) is 0 Å². The molecule has 0 spiro atoms. The lowest BCUT2D eigenvalue weighted by Crippen LogP contribution is -2.43. The van der Waals surface area contributed by atoms with Crippen LogP contribution in [0.3, 0.4) is 0 Å². The normalized spacial score (nSPS) is 25.8. The van der Waals surface area contributed by atoms with Gasteiger partial charge in [-0.05, 0) is 31.1 Å². The molecule has 1 fully saturated rings. The van der Waals surface area contributed by atoms with Crippen molar-refractivity contribution < 1.29 is 9.90 Å². The van der Waals surface area contributed by atoms with E-state index in [1.54, 1.807) is 0 Å². The van der Waals surface area contributed by atoms with Gasteiger partial charge in [-0.25, -0.2) is 0 Å². The van der Waals surface area contributed by atoms with Crippen LogP contribution in [0.1, 0.15) is 52.4 Å². The predicted octanol–water partition coefficient (Wildman–Crippen LogP) is 2.09.